The molecule has 1 aliphatic rings. The molecule has 0 heterocycles. The maximum Gasteiger partial charge on any atom is 0.317 e. The van der Waals surface area contributed by atoms with E-state index in [9.17, 15) is 18.4 Å². The highest BCUT2D eigenvalue weighted by Gasteiger charge is 2.52. The van der Waals surface area contributed by atoms with Crippen LogP contribution in [0.4, 0.5) is 14.5 Å². The van der Waals surface area contributed by atoms with Gasteiger partial charge in [0.2, 0.25) is 0 Å². The fraction of sp³-hybridized carbons (Fsp3) is 0.222. The van der Waals surface area contributed by atoms with Crippen molar-refractivity contribution in [1.82, 2.24) is 0 Å². The number of halogens is 3. The lowest BCUT2D eigenvalue weighted by atomic mass is 9.96. The summed E-state index contributed by atoms with van der Waals surface area (Å²) in [4.78, 5) is 24.1. The SMILES string of the molecule is O=C(COC(=O)C1(c2ccc(Cl)cc2)CC1)Nc1cc(F)ccc1F. The molecule has 0 aromatic heterocycles. The van der Waals surface area contributed by atoms with Crippen LogP contribution in [0.3, 0.4) is 0 Å². The number of ether oxygens (including phenoxy) is 1. The van der Waals surface area contributed by atoms with Crippen molar-refractivity contribution in [2.75, 3.05) is 11.9 Å². The van der Waals surface area contributed by atoms with Gasteiger partial charge in [0.15, 0.2) is 6.61 Å². The molecule has 0 atom stereocenters. The molecular weight excluding hydrogens is 352 g/mol. The quantitative estimate of drug-likeness (QED) is 0.819. The first-order valence-electron chi connectivity index (χ1n) is 7.59. The zero-order chi connectivity index (χ0) is 18.0. The molecular formula is C18H14ClF2NO3. The third-order valence-electron chi connectivity index (χ3n) is 4.07. The van der Waals surface area contributed by atoms with Gasteiger partial charge in [-0.2, -0.15) is 0 Å². The fourth-order valence-electron chi connectivity index (χ4n) is 2.55. The summed E-state index contributed by atoms with van der Waals surface area (Å²) < 4.78 is 31.6. The Kier molecular flexibility index (Phi) is 4.72. The third kappa shape index (κ3) is 3.79. The van der Waals surface area contributed by atoms with Crippen LogP contribution in [0.15, 0.2) is 42.5 Å². The predicted octanol–water partition coefficient (Wildman–Crippen LogP) is 3.83. The lowest BCUT2D eigenvalue weighted by Crippen LogP contribution is -2.28. The maximum absolute atomic E-state index is 13.5. The lowest BCUT2D eigenvalue weighted by Gasteiger charge is -2.15. The monoisotopic (exact) mass is 365 g/mol. The predicted molar refractivity (Wildman–Crippen MR) is 88.3 cm³/mol. The van der Waals surface area contributed by atoms with E-state index in [-0.39, 0.29) is 5.69 Å². The smallest absolute Gasteiger partial charge is 0.317 e. The first-order chi connectivity index (χ1) is 11.9. The number of carbonyl (C=O) groups excluding carboxylic acids is 2. The summed E-state index contributed by atoms with van der Waals surface area (Å²) in [6.07, 6.45) is 1.24. The highest BCUT2D eigenvalue weighted by Crippen LogP contribution is 2.49. The first kappa shape index (κ1) is 17.4. The summed E-state index contributed by atoms with van der Waals surface area (Å²) >= 11 is 5.84. The van der Waals surface area contributed by atoms with Gasteiger partial charge in [-0.15, -0.1) is 0 Å². The van der Waals surface area contributed by atoms with Crippen LogP contribution in [0.1, 0.15) is 18.4 Å². The van der Waals surface area contributed by atoms with Crippen LogP contribution in [0.2, 0.25) is 5.02 Å². The Morgan fingerprint density at radius 3 is 2.44 bits per heavy atom. The van der Waals surface area contributed by atoms with Crippen molar-refractivity contribution in [1.29, 1.82) is 0 Å². The standard InChI is InChI=1S/C18H14ClF2NO3/c19-12-3-1-11(2-4-12)18(7-8-18)17(24)25-10-16(23)22-15-9-13(20)5-6-14(15)21/h1-6,9H,7-8,10H2,(H,22,23). The third-order valence-corrected chi connectivity index (χ3v) is 4.33. The Balaban J connectivity index is 1.59. The van der Waals surface area contributed by atoms with Gasteiger partial charge in [0, 0.05) is 11.1 Å². The van der Waals surface area contributed by atoms with Gasteiger partial charge in [-0.3, -0.25) is 9.59 Å². The second-order valence-corrected chi connectivity index (χ2v) is 6.27. The minimum Gasteiger partial charge on any atom is -0.455 e. The maximum atomic E-state index is 13.5. The number of amides is 1. The van der Waals surface area contributed by atoms with Crippen LogP contribution in [0, 0.1) is 11.6 Å². The van der Waals surface area contributed by atoms with Crippen LogP contribution >= 0.6 is 11.6 Å². The van der Waals surface area contributed by atoms with Crippen molar-refractivity contribution in [3.63, 3.8) is 0 Å². The molecule has 25 heavy (non-hydrogen) atoms. The number of rotatable bonds is 5. The number of anilines is 1. The zero-order valence-corrected chi connectivity index (χ0v) is 13.8. The van der Waals surface area contributed by atoms with Gasteiger partial charge in [0.1, 0.15) is 11.6 Å². The summed E-state index contributed by atoms with van der Waals surface area (Å²) in [7, 11) is 0. The fourth-order valence-corrected chi connectivity index (χ4v) is 2.68. The Morgan fingerprint density at radius 2 is 1.80 bits per heavy atom. The Hall–Kier alpha value is -2.47. The van der Waals surface area contributed by atoms with Crippen LogP contribution in [-0.2, 0) is 19.7 Å². The van der Waals surface area contributed by atoms with Crippen molar-refractivity contribution in [3.8, 4) is 0 Å². The molecule has 0 saturated heterocycles. The second-order valence-electron chi connectivity index (χ2n) is 5.84. The van der Waals surface area contributed by atoms with E-state index < -0.39 is 35.5 Å². The second kappa shape index (κ2) is 6.80. The van der Waals surface area contributed by atoms with Crippen LogP contribution in [0.25, 0.3) is 0 Å². The van der Waals surface area contributed by atoms with E-state index in [2.05, 4.69) is 5.32 Å². The molecule has 7 heteroatoms. The summed E-state index contributed by atoms with van der Waals surface area (Å²) in [5.74, 6) is -2.73. The van der Waals surface area contributed by atoms with Crippen LogP contribution in [-0.4, -0.2) is 18.5 Å². The highest BCUT2D eigenvalue weighted by atomic mass is 35.5. The lowest BCUT2D eigenvalue weighted by molar-refractivity contribution is -0.150. The molecule has 0 spiro atoms. The number of hydrogen-bond donors (Lipinski definition) is 1. The molecule has 0 radical (unpaired) electrons. The van der Waals surface area contributed by atoms with E-state index >= 15 is 0 Å². The van der Waals surface area contributed by atoms with Gasteiger partial charge in [0.05, 0.1) is 11.1 Å². The summed E-state index contributed by atoms with van der Waals surface area (Å²) in [6, 6.07) is 9.56. The summed E-state index contributed by atoms with van der Waals surface area (Å²) in [5, 5.41) is 2.74. The first-order valence-corrected chi connectivity index (χ1v) is 7.97. The van der Waals surface area contributed by atoms with Crippen LogP contribution < -0.4 is 5.32 Å². The van der Waals surface area contributed by atoms with E-state index in [1.54, 1.807) is 24.3 Å². The molecule has 0 aliphatic heterocycles. The molecule has 1 saturated carbocycles. The van der Waals surface area contributed by atoms with E-state index in [1.165, 1.54) is 0 Å². The zero-order valence-electron chi connectivity index (χ0n) is 13.0. The van der Waals surface area contributed by atoms with E-state index in [0.717, 1.165) is 23.8 Å². The van der Waals surface area contributed by atoms with E-state index in [4.69, 9.17) is 16.3 Å². The normalized spacial score (nSPS) is 14.7. The molecule has 130 valence electrons. The van der Waals surface area contributed by atoms with Gasteiger partial charge in [-0.1, -0.05) is 23.7 Å². The summed E-state index contributed by atoms with van der Waals surface area (Å²) in [5.41, 5.74) is -0.284. The van der Waals surface area contributed by atoms with Crippen LogP contribution in [0.5, 0.6) is 0 Å². The minimum absolute atomic E-state index is 0.306. The topological polar surface area (TPSA) is 55.4 Å². The van der Waals surface area contributed by atoms with Crippen molar-refractivity contribution in [3.05, 3.63) is 64.7 Å². The molecule has 1 fully saturated rings. The highest BCUT2D eigenvalue weighted by molar-refractivity contribution is 6.30. The van der Waals surface area contributed by atoms with Crippen molar-refractivity contribution in [2.24, 2.45) is 0 Å². The molecule has 1 amide bonds. The molecule has 1 N–H and O–H groups in total. The van der Waals surface area contributed by atoms with Gasteiger partial charge in [-0.25, -0.2) is 8.78 Å². The van der Waals surface area contributed by atoms with E-state index in [0.29, 0.717) is 17.9 Å². The number of benzene rings is 2. The van der Waals surface area contributed by atoms with Gasteiger partial charge < -0.3 is 10.1 Å². The van der Waals surface area contributed by atoms with E-state index in [1.807, 2.05) is 0 Å². The van der Waals surface area contributed by atoms with Crippen molar-refractivity contribution < 1.29 is 23.1 Å². The average molecular weight is 366 g/mol. The van der Waals surface area contributed by atoms with Crippen molar-refractivity contribution >= 4 is 29.2 Å². The Bertz CT molecular complexity index is 820. The molecule has 2 aromatic carbocycles. The molecule has 3 rings (SSSR count). The molecule has 4 nitrogen and oxygen atoms in total. The largest absolute Gasteiger partial charge is 0.455 e. The van der Waals surface area contributed by atoms with Gasteiger partial charge >= 0.3 is 5.97 Å². The summed E-state index contributed by atoms with van der Waals surface area (Å²) in [6.45, 7) is -0.579. The molecule has 1 aliphatic carbocycles. The number of nitrogens with one attached hydrogen (secondary N) is 1. The molecule has 0 unspecified atom stereocenters. The Labute approximate surface area is 147 Å². The minimum atomic E-state index is -0.777. The number of hydrogen-bond acceptors (Lipinski definition) is 3. The average Bonchev–Trinajstić information content (AvgIpc) is 3.38. The van der Waals surface area contributed by atoms with Gasteiger partial charge in [0.25, 0.3) is 5.91 Å². The Morgan fingerprint density at radius 1 is 1.12 bits per heavy atom. The van der Waals surface area contributed by atoms with Gasteiger partial charge in [-0.05, 0) is 42.7 Å². The molecule has 2 aromatic rings. The number of carbonyl (C=O) groups is 2. The number of esters is 1. The molecule has 0 bridgehead atoms. The van der Waals surface area contributed by atoms with Crippen molar-refractivity contribution in [2.45, 2.75) is 18.3 Å².